The first-order valence-electron chi connectivity index (χ1n) is 9.55. The average molecular weight is 442 g/mol. The maximum atomic E-state index is 13.6. The van der Waals surface area contributed by atoms with Crippen molar-refractivity contribution in [2.24, 2.45) is 0 Å². The molecule has 30 heavy (non-hydrogen) atoms. The minimum atomic E-state index is -4.58. The van der Waals surface area contributed by atoms with Gasteiger partial charge in [0.1, 0.15) is 5.75 Å². The molecule has 0 bridgehead atoms. The van der Waals surface area contributed by atoms with Crippen LogP contribution in [0.1, 0.15) is 12.0 Å². The molecule has 2 aromatic carbocycles. The normalized spacial score (nSPS) is 15.2. The van der Waals surface area contributed by atoms with Crippen molar-refractivity contribution >= 4 is 28.9 Å². The molecule has 5 nitrogen and oxygen atoms in total. The summed E-state index contributed by atoms with van der Waals surface area (Å²) in [6, 6.07) is 10.7. The number of nitrogens with one attached hydrogen (secondary N) is 1. The van der Waals surface area contributed by atoms with Crippen LogP contribution < -0.4 is 15.0 Å². The highest BCUT2D eigenvalue weighted by atomic mass is 35.5. The van der Waals surface area contributed by atoms with Gasteiger partial charge in [-0.2, -0.15) is 13.2 Å². The van der Waals surface area contributed by atoms with E-state index < -0.39 is 17.6 Å². The highest BCUT2D eigenvalue weighted by Crippen LogP contribution is 2.37. The lowest BCUT2D eigenvalue weighted by atomic mass is 10.1. The lowest BCUT2D eigenvalue weighted by molar-refractivity contribution is -0.136. The molecule has 1 amide bonds. The monoisotopic (exact) mass is 441 g/mol. The predicted octanol–water partition coefficient (Wildman–Crippen LogP) is 4.52. The fraction of sp³-hybridized carbons (Fsp3) is 0.381. The van der Waals surface area contributed by atoms with Crippen molar-refractivity contribution < 1.29 is 22.7 Å². The van der Waals surface area contributed by atoms with Gasteiger partial charge in [0.15, 0.2) is 0 Å². The van der Waals surface area contributed by atoms with E-state index in [9.17, 15) is 18.0 Å². The summed E-state index contributed by atoms with van der Waals surface area (Å²) < 4.78 is 46.2. The molecule has 0 unspecified atom stereocenters. The SMILES string of the molecule is CN1CCN(c2ccc(NC(=O)CCOc3cccc(Cl)c3)c(C(F)(F)F)c2)CC1. The number of nitrogens with zero attached hydrogens (tertiary/aromatic N) is 2. The maximum Gasteiger partial charge on any atom is 0.418 e. The van der Waals surface area contributed by atoms with E-state index in [2.05, 4.69) is 10.2 Å². The van der Waals surface area contributed by atoms with E-state index in [1.165, 1.54) is 6.07 Å². The van der Waals surface area contributed by atoms with Gasteiger partial charge in [-0.1, -0.05) is 17.7 Å². The van der Waals surface area contributed by atoms with Gasteiger partial charge in [0.05, 0.1) is 24.3 Å². The molecule has 1 aliphatic rings. The van der Waals surface area contributed by atoms with Gasteiger partial charge in [-0.15, -0.1) is 0 Å². The first kappa shape index (κ1) is 22.2. The van der Waals surface area contributed by atoms with Crippen LogP contribution in [0.25, 0.3) is 0 Å². The molecule has 3 rings (SSSR count). The number of carbonyl (C=O) groups is 1. The predicted molar refractivity (Wildman–Crippen MR) is 111 cm³/mol. The summed E-state index contributed by atoms with van der Waals surface area (Å²) in [4.78, 5) is 16.2. The number of piperazine rings is 1. The van der Waals surface area contributed by atoms with Crippen molar-refractivity contribution in [2.45, 2.75) is 12.6 Å². The first-order chi connectivity index (χ1) is 14.2. The van der Waals surface area contributed by atoms with Crippen molar-refractivity contribution in [3.05, 3.63) is 53.1 Å². The molecular formula is C21H23ClF3N3O2. The van der Waals surface area contributed by atoms with Gasteiger partial charge in [-0.3, -0.25) is 4.79 Å². The van der Waals surface area contributed by atoms with Crippen molar-refractivity contribution in [2.75, 3.05) is 50.1 Å². The summed E-state index contributed by atoms with van der Waals surface area (Å²) in [6.07, 6.45) is -4.67. The molecule has 162 valence electrons. The largest absolute Gasteiger partial charge is 0.493 e. The van der Waals surface area contributed by atoms with Crippen LogP contribution in [0.4, 0.5) is 24.5 Å². The Hall–Kier alpha value is -2.45. The average Bonchev–Trinajstić information content (AvgIpc) is 2.68. The number of hydrogen-bond donors (Lipinski definition) is 1. The van der Waals surface area contributed by atoms with E-state index in [-0.39, 0.29) is 18.7 Å². The van der Waals surface area contributed by atoms with Gasteiger partial charge in [0.2, 0.25) is 5.91 Å². The zero-order valence-electron chi connectivity index (χ0n) is 16.5. The molecule has 0 spiro atoms. The number of rotatable bonds is 6. The van der Waals surface area contributed by atoms with Gasteiger partial charge < -0.3 is 19.9 Å². The van der Waals surface area contributed by atoms with Crippen LogP contribution in [0.15, 0.2) is 42.5 Å². The van der Waals surface area contributed by atoms with Crippen LogP contribution in [-0.2, 0) is 11.0 Å². The van der Waals surface area contributed by atoms with Gasteiger partial charge in [0.25, 0.3) is 0 Å². The molecule has 9 heteroatoms. The van der Waals surface area contributed by atoms with Crippen molar-refractivity contribution in [1.82, 2.24) is 4.90 Å². The van der Waals surface area contributed by atoms with Crippen LogP contribution in [0.3, 0.4) is 0 Å². The number of carbonyl (C=O) groups excluding carboxylic acids is 1. The summed E-state index contributed by atoms with van der Waals surface area (Å²) >= 11 is 5.86. The van der Waals surface area contributed by atoms with Gasteiger partial charge >= 0.3 is 6.18 Å². The van der Waals surface area contributed by atoms with Crippen molar-refractivity contribution in [3.63, 3.8) is 0 Å². The molecule has 0 atom stereocenters. The summed E-state index contributed by atoms with van der Waals surface area (Å²) in [6.45, 7) is 2.90. The molecular weight excluding hydrogens is 419 g/mol. The Morgan fingerprint density at radius 3 is 2.53 bits per heavy atom. The van der Waals surface area contributed by atoms with Crippen LogP contribution in [-0.4, -0.2) is 50.6 Å². The maximum absolute atomic E-state index is 13.6. The van der Waals surface area contributed by atoms with Crippen LogP contribution >= 0.6 is 11.6 Å². The Morgan fingerprint density at radius 1 is 1.13 bits per heavy atom. The van der Waals surface area contributed by atoms with E-state index in [4.69, 9.17) is 16.3 Å². The smallest absolute Gasteiger partial charge is 0.418 e. The molecule has 0 radical (unpaired) electrons. The minimum absolute atomic E-state index is 0.0207. The summed E-state index contributed by atoms with van der Waals surface area (Å²) in [5.41, 5.74) is -0.617. The molecule has 2 aromatic rings. The fourth-order valence-corrected chi connectivity index (χ4v) is 3.35. The second-order valence-corrected chi connectivity index (χ2v) is 7.56. The fourth-order valence-electron chi connectivity index (χ4n) is 3.17. The Balaban J connectivity index is 1.64. The summed E-state index contributed by atoms with van der Waals surface area (Å²) in [5, 5.41) is 2.85. The Bertz CT molecular complexity index is 884. The number of benzene rings is 2. The zero-order chi connectivity index (χ0) is 21.7. The highest BCUT2D eigenvalue weighted by Gasteiger charge is 2.35. The van der Waals surface area contributed by atoms with Crippen LogP contribution in [0.2, 0.25) is 5.02 Å². The standard InChI is InChI=1S/C21H23ClF3N3O2/c1-27-8-10-28(11-9-27)16-5-6-19(18(14-16)21(23,24)25)26-20(29)7-12-30-17-4-2-3-15(22)13-17/h2-6,13-14H,7-12H2,1H3,(H,26,29). The number of hydrogen-bond acceptors (Lipinski definition) is 4. The highest BCUT2D eigenvalue weighted by molar-refractivity contribution is 6.30. The van der Waals surface area contributed by atoms with Crippen LogP contribution in [0.5, 0.6) is 5.75 Å². The third kappa shape index (κ3) is 6.03. The Morgan fingerprint density at radius 2 is 1.87 bits per heavy atom. The van der Waals surface area contributed by atoms with E-state index in [1.54, 1.807) is 30.3 Å². The molecule has 0 aliphatic carbocycles. The molecule has 1 aliphatic heterocycles. The van der Waals surface area contributed by atoms with Crippen molar-refractivity contribution in [3.8, 4) is 5.75 Å². The lowest BCUT2D eigenvalue weighted by Crippen LogP contribution is -2.44. The zero-order valence-corrected chi connectivity index (χ0v) is 17.3. The molecule has 0 saturated carbocycles. The molecule has 1 saturated heterocycles. The molecule has 1 heterocycles. The number of amides is 1. The third-order valence-corrected chi connectivity index (χ3v) is 5.08. The van der Waals surface area contributed by atoms with E-state index in [0.29, 0.717) is 29.5 Å². The van der Waals surface area contributed by atoms with E-state index in [0.717, 1.165) is 19.2 Å². The van der Waals surface area contributed by atoms with E-state index in [1.807, 2.05) is 11.9 Å². The molecule has 0 aromatic heterocycles. The number of likely N-dealkylation sites (N-methyl/N-ethyl adjacent to an activating group) is 1. The van der Waals surface area contributed by atoms with Crippen molar-refractivity contribution in [1.29, 1.82) is 0 Å². The Kier molecular flexibility index (Phi) is 7.10. The summed E-state index contributed by atoms with van der Waals surface area (Å²) in [5.74, 6) is -0.0716. The second kappa shape index (κ2) is 9.57. The third-order valence-electron chi connectivity index (χ3n) is 4.84. The minimum Gasteiger partial charge on any atom is -0.493 e. The number of anilines is 2. The van der Waals surface area contributed by atoms with Gasteiger partial charge in [-0.25, -0.2) is 0 Å². The van der Waals surface area contributed by atoms with E-state index >= 15 is 0 Å². The number of halogens is 4. The van der Waals surface area contributed by atoms with Gasteiger partial charge in [-0.05, 0) is 43.4 Å². The second-order valence-electron chi connectivity index (χ2n) is 7.12. The summed E-state index contributed by atoms with van der Waals surface area (Å²) in [7, 11) is 1.98. The lowest BCUT2D eigenvalue weighted by Gasteiger charge is -2.34. The first-order valence-corrected chi connectivity index (χ1v) is 9.93. The molecule has 1 fully saturated rings. The topological polar surface area (TPSA) is 44.8 Å². The molecule has 1 N–H and O–H groups in total. The number of ether oxygens (including phenoxy) is 1. The number of alkyl halides is 3. The van der Waals surface area contributed by atoms with Gasteiger partial charge in [0, 0.05) is 36.9 Å². The Labute approximate surface area is 178 Å². The quantitative estimate of drug-likeness (QED) is 0.716. The van der Waals surface area contributed by atoms with Crippen LogP contribution in [0, 0.1) is 0 Å².